The number of anilines is 2. The molecule has 2 rings (SSSR count). The minimum Gasteiger partial charge on any atom is -0.397 e. The number of nitrogens with zero attached hydrogens (tertiary/aromatic N) is 2. The molecule has 0 bridgehead atoms. The molecule has 0 fully saturated rings. The third-order valence-electron chi connectivity index (χ3n) is 2.15. The van der Waals surface area contributed by atoms with Crippen molar-refractivity contribution < 1.29 is 4.79 Å². The Morgan fingerprint density at radius 1 is 1.53 bits per heavy atom. The molecule has 1 aromatic carbocycles. The fraction of sp³-hybridized carbons (Fsp3) is 0.100. The van der Waals surface area contributed by atoms with Crippen LogP contribution in [0.1, 0.15) is 16.1 Å². The van der Waals surface area contributed by atoms with E-state index in [1.54, 1.807) is 6.07 Å². The Morgan fingerprint density at radius 2 is 2.29 bits per heavy atom. The van der Waals surface area contributed by atoms with Gasteiger partial charge in [-0.1, -0.05) is 0 Å². The SMILES string of the molecule is Cc1cc(N)c(NC(=O)c2cn[nH]n2)c(Br)c1. The second kappa shape index (κ2) is 4.54. The van der Waals surface area contributed by atoms with E-state index >= 15 is 0 Å². The number of carbonyl (C=O) groups is 1. The van der Waals surface area contributed by atoms with Gasteiger partial charge in [-0.2, -0.15) is 15.4 Å². The van der Waals surface area contributed by atoms with Crippen molar-refractivity contribution in [1.82, 2.24) is 15.4 Å². The second-order valence-corrected chi connectivity index (χ2v) is 4.37. The van der Waals surface area contributed by atoms with E-state index in [2.05, 4.69) is 36.7 Å². The highest BCUT2D eigenvalue weighted by Gasteiger charge is 2.13. The number of aryl methyl sites for hydroxylation is 1. The number of carbonyl (C=O) groups excluding carboxylic acids is 1. The molecule has 0 atom stereocenters. The highest BCUT2D eigenvalue weighted by atomic mass is 79.9. The predicted molar refractivity (Wildman–Crippen MR) is 67.6 cm³/mol. The lowest BCUT2D eigenvalue weighted by atomic mass is 10.2. The van der Waals surface area contributed by atoms with E-state index in [-0.39, 0.29) is 11.6 Å². The average molecular weight is 296 g/mol. The van der Waals surface area contributed by atoms with Crippen molar-refractivity contribution in [3.63, 3.8) is 0 Å². The smallest absolute Gasteiger partial charge is 0.277 e. The Hall–Kier alpha value is -1.89. The van der Waals surface area contributed by atoms with Crippen LogP contribution >= 0.6 is 15.9 Å². The molecule has 0 aliphatic carbocycles. The van der Waals surface area contributed by atoms with Crippen LogP contribution in [-0.2, 0) is 0 Å². The van der Waals surface area contributed by atoms with E-state index in [0.717, 1.165) is 10.0 Å². The summed E-state index contributed by atoms with van der Waals surface area (Å²) >= 11 is 3.35. The highest BCUT2D eigenvalue weighted by Crippen LogP contribution is 2.30. The summed E-state index contributed by atoms with van der Waals surface area (Å²) in [4.78, 5) is 11.8. The monoisotopic (exact) mass is 295 g/mol. The largest absolute Gasteiger partial charge is 0.397 e. The number of nitrogens with one attached hydrogen (secondary N) is 2. The van der Waals surface area contributed by atoms with Crippen molar-refractivity contribution in [2.24, 2.45) is 0 Å². The van der Waals surface area contributed by atoms with Crippen LogP contribution < -0.4 is 11.1 Å². The maximum Gasteiger partial charge on any atom is 0.277 e. The van der Waals surface area contributed by atoms with Crippen LogP contribution in [-0.4, -0.2) is 21.3 Å². The van der Waals surface area contributed by atoms with Crippen molar-refractivity contribution in [2.45, 2.75) is 6.92 Å². The molecule has 0 radical (unpaired) electrons. The first kappa shape index (κ1) is 11.6. The molecule has 0 saturated carbocycles. The van der Waals surface area contributed by atoms with Crippen LogP contribution in [0.4, 0.5) is 11.4 Å². The molecule has 6 nitrogen and oxygen atoms in total. The Kier molecular flexibility index (Phi) is 3.10. The number of aromatic nitrogens is 3. The molecule has 88 valence electrons. The van der Waals surface area contributed by atoms with Crippen molar-refractivity contribution in [1.29, 1.82) is 0 Å². The van der Waals surface area contributed by atoms with Gasteiger partial charge in [0.2, 0.25) is 0 Å². The molecule has 1 aromatic heterocycles. The molecule has 0 unspecified atom stereocenters. The molecule has 2 aromatic rings. The summed E-state index contributed by atoms with van der Waals surface area (Å²) in [5.41, 5.74) is 8.07. The zero-order valence-corrected chi connectivity index (χ0v) is 10.6. The highest BCUT2D eigenvalue weighted by molar-refractivity contribution is 9.10. The maximum atomic E-state index is 11.8. The van der Waals surface area contributed by atoms with E-state index in [1.807, 2.05) is 13.0 Å². The molecular weight excluding hydrogens is 286 g/mol. The number of hydrogen-bond acceptors (Lipinski definition) is 4. The lowest BCUT2D eigenvalue weighted by Gasteiger charge is -2.10. The van der Waals surface area contributed by atoms with Gasteiger partial charge in [-0.25, -0.2) is 0 Å². The number of nitrogens with two attached hydrogens (primary N) is 1. The molecule has 7 heteroatoms. The molecule has 1 heterocycles. The van der Waals surface area contributed by atoms with Gasteiger partial charge in [0.1, 0.15) is 0 Å². The Bertz CT molecular complexity index is 529. The minimum atomic E-state index is -0.366. The first-order chi connectivity index (χ1) is 8.08. The van der Waals surface area contributed by atoms with Gasteiger partial charge in [-0.3, -0.25) is 4.79 Å². The minimum absolute atomic E-state index is 0.205. The van der Waals surface area contributed by atoms with Gasteiger partial charge in [-0.05, 0) is 40.5 Å². The van der Waals surface area contributed by atoms with Crippen LogP contribution in [0.25, 0.3) is 0 Å². The van der Waals surface area contributed by atoms with Crippen LogP contribution in [0.3, 0.4) is 0 Å². The van der Waals surface area contributed by atoms with Gasteiger partial charge < -0.3 is 11.1 Å². The van der Waals surface area contributed by atoms with Gasteiger partial charge in [0.25, 0.3) is 5.91 Å². The summed E-state index contributed by atoms with van der Waals surface area (Å²) in [6.07, 6.45) is 1.34. The summed E-state index contributed by atoms with van der Waals surface area (Å²) in [5, 5.41) is 12.3. The molecule has 4 N–H and O–H groups in total. The third kappa shape index (κ3) is 2.44. The molecular formula is C10H10BrN5O. The van der Waals surface area contributed by atoms with Crippen molar-refractivity contribution in [2.75, 3.05) is 11.1 Å². The summed E-state index contributed by atoms with van der Waals surface area (Å²) in [6.45, 7) is 1.92. The van der Waals surface area contributed by atoms with E-state index in [0.29, 0.717) is 11.4 Å². The van der Waals surface area contributed by atoms with Crippen molar-refractivity contribution in [3.8, 4) is 0 Å². The topological polar surface area (TPSA) is 96.7 Å². The molecule has 17 heavy (non-hydrogen) atoms. The van der Waals surface area contributed by atoms with Crippen LogP contribution in [0, 0.1) is 6.92 Å². The van der Waals surface area contributed by atoms with E-state index in [1.165, 1.54) is 6.20 Å². The lowest BCUT2D eigenvalue weighted by molar-refractivity contribution is 0.102. The molecule has 0 aliphatic heterocycles. The van der Waals surface area contributed by atoms with E-state index in [4.69, 9.17) is 5.73 Å². The molecule has 0 spiro atoms. The van der Waals surface area contributed by atoms with E-state index < -0.39 is 0 Å². The predicted octanol–water partition coefficient (Wildman–Crippen LogP) is 1.71. The van der Waals surface area contributed by atoms with Gasteiger partial charge >= 0.3 is 0 Å². The molecule has 0 aliphatic rings. The van der Waals surface area contributed by atoms with Crippen molar-refractivity contribution >= 4 is 33.2 Å². The van der Waals surface area contributed by atoms with Crippen LogP contribution in [0.2, 0.25) is 0 Å². The number of nitrogen functional groups attached to an aromatic ring is 1. The molecule has 1 amide bonds. The zero-order valence-electron chi connectivity index (χ0n) is 8.99. The summed E-state index contributed by atoms with van der Waals surface area (Å²) in [7, 11) is 0. The summed E-state index contributed by atoms with van der Waals surface area (Å²) < 4.78 is 0.729. The average Bonchev–Trinajstić information content (AvgIpc) is 2.76. The number of aromatic amines is 1. The number of rotatable bonds is 2. The van der Waals surface area contributed by atoms with Gasteiger partial charge in [0.05, 0.1) is 17.6 Å². The number of halogens is 1. The number of H-pyrrole nitrogens is 1. The van der Waals surface area contributed by atoms with Gasteiger partial charge in [0.15, 0.2) is 5.69 Å². The lowest BCUT2D eigenvalue weighted by Crippen LogP contribution is -2.14. The number of benzene rings is 1. The Balaban J connectivity index is 2.28. The fourth-order valence-corrected chi connectivity index (χ4v) is 2.08. The quantitative estimate of drug-likeness (QED) is 0.735. The standard InChI is InChI=1S/C10H10BrN5O/c1-5-2-6(11)9(7(12)3-5)14-10(17)8-4-13-16-15-8/h2-4H,12H2,1H3,(H,14,17)(H,13,15,16). The fourth-order valence-electron chi connectivity index (χ4n) is 1.39. The zero-order chi connectivity index (χ0) is 12.4. The Morgan fingerprint density at radius 3 is 2.88 bits per heavy atom. The maximum absolute atomic E-state index is 11.8. The van der Waals surface area contributed by atoms with Gasteiger partial charge in [0, 0.05) is 4.47 Å². The third-order valence-corrected chi connectivity index (χ3v) is 2.78. The van der Waals surface area contributed by atoms with Gasteiger partial charge in [-0.15, -0.1) is 0 Å². The normalized spacial score (nSPS) is 10.2. The van der Waals surface area contributed by atoms with E-state index in [9.17, 15) is 4.79 Å². The molecule has 0 saturated heterocycles. The van der Waals surface area contributed by atoms with Crippen LogP contribution in [0.15, 0.2) is 22.8 Å². The first-order valence-electron chi connectivity index (χ1n) is 4.80. The van der Waals surface area contributed by atoms with Crippen molar-refractivity contribution in [3.05, 3.63) is 34.1 Å². The first-order valence-corrected chi connectivity index (χ1v) is 5.60. The Labute approximate surface area is 106 Å². The summed E-state index contributed by atoms with van der Waals surface area (Å²) in [6, 6.07) is 3.65. The van der Waals surface area contributed by atoms with Crippen LogP contribution in [0.5, 0.6) is 0 Å². The summed E-state index contributed by atoms with van der Waals surface area (Å²) in [5.74, 6) is -0.366. The number of hydrogen-bond donors (Lipinski definition) is 3. The number of amides is 1. The second-order valence-electron chi connectivity index (χ2n) is 3.52.